The van der Waals surface area contributed by atoms with Gasteiger partial charge in [0.05, 0.1) is 18.8 Å². The molecule has 0 bridgehead atoms. The first kappa shape index (κ1) is 23.6. The molecular formula is C23H24BrN3O5S. The molecule has 0 N–H and O–H groups in total. The maximum atomic E-state index is 13.6. The third kappa shape index (κ3) is 4.60. The summed E-state index contributed by atoms with van der Waals surface area (Å²) in [5.41, 5.74) is 2.07. The first-order valence-electron chi connectivity index (χ1n) is 10.7. The largest absolute Gasteiger partial charge is 0.310 e. The summed E-state index contributed by atoms with van der Waals surface area (Å²) >= 11 is 3.35. The van der Waals surface area contributed by atoms with Crippen LogP contribution in [0.25, 0.3) is 0 Å². The fourth-order valence-electron chi connectivity index (χ4n) is 4.22. The van der Waals surface area contributed by atoms with Crippen molar-refractivity contribution in [3.05, 3.63) is 58.1 Å². The number of amides is 3. The fourth-order valence-corrected chi connectivity index (χ4v) is 6.47. The Morgan fingerprint density at radius 1 is 1.06 bits per heavy atom. The predicted molar refractivity (Wildman–Crippen MR) is 126 cm³/mol. The molecule has 0 unspecified atom stereocenters. The number of rotatable bonds is 6. The van der Waals surface area contributed by atoms with E-state index >= 15 is 0 Å². The summed E-state index contributed by atoms with van der Waals surface area (Å²) in [5, 5.41) is 0. The van der Waals surface area contributed by atoms with Crippen molar-refractivity contribution < 1.29 is 22.8 Å². The summed E-state index contributed by atoms with van der Waals surface area (Å²) in [7, 11) is -4.20. The van der Waals surface area contributed by atoms with E-state index in [1.807, 2.05) is 30.3 Å². The molecule has 0 radical (unpaired) electrons. The Morgan fingerprint density at radius 3 is 2.36 bits per heavy atom. The Kier molecular flexibility index (Phi) is 6.69. The zero-order chi connectivity index (χ0) is 23.8. The highest BCUT2D eigenvalue weighted by Crippen LogP contribution is 2.39. The highest BCUT2D eigenvalue weighted by atomic mass is 79.9. The van der Waals surface area contributed by atoms with E-state index in [0.29, 0.717) is 29.5 Å². The lowest BCUT2D eigenvalue weighted by atomic mass is 10.1. The molecule has 2 aromatic carbocycles. The van der Waals surface area contributed by atoms with E-state index in [1.165, 1.54) is 11.0 Å². The van der Waals surface area contributed by atoms with E-state index in [-0.39, 0.29) is 23.8 Å². The van der Waals surface area contributed by atoms with E-state index in [0.717, 1.165) is 20.3 Å². The van der Waals surface area contributed by atoms with Gasteiger partial charge >= 0.3 is 0 Å². The number of carbonyl (C=O) groups excluding carboxylic acids is 3. The van der Waals surface area contributed by atoms with Crippen molar-refractivity contribution in [1.29, 1.82) is 0 Å². The smallest absolute Gasteiger partial charge is 0.246 e. The van der Waals surface area contributed by atoms with Crippen LogP contribution >= 0.6 is 15.9 Å². The van der Waals surface area contributed by atoms with E-state index < -0.39 is 34.9 Å². The van der Waals surface area contributed by atoms with Crippen molar-refractivity contribution >= 4 is 49.4 Å². The van der Waals surface area contributed by atoms with Gasteiger partial charge in [0.1, 0.15) is 4.90 Å². The van der Waals surface area contributed by atoms with Crippen molar-refractivity contribution in [3.8, 4) is 0 Å². The normalized spacial score (nSPS) is 16.9. The van der Waals surface area contributed by atoms with Gasteiger partial charge in [0.25, 0.3) is 0 Å². The van der Waals surface area contributed by atoms with E-state index in [2.05, 4.69) is 15.9 Å². The SMILES string of the molecule is CCC(=O)N1CCc2cc(Br)cc(S(=O)(=O)N3CC(=O)N(CCc4ccccc4)C(=O)C3)c21. The highest BCUT2D eigenvalue weighted by Gasteiger charge is 2.41. The van der Waals surface area contributed by atoms with E-state index in [9.17, 15) is 22.8 Å². The number of benzene rings is 2. The van der Waals surface area contributed by atoms with Gasteiger partial charge in [-0.3, -0.25) is 19.3 Å². The lowest BCUT2D eigenvalue weighted by molar-refractivity contribution is -0.149. The number of anilines is 1. The average molecular weight is 534 g/mol. The fraction of sp³-hybridized carbons (Fsp3) is 0.348. The van der Waals surface area contributed by atoms with Gasteiger partial charge in [-0.25, -0.2) is 8.42 Å². The second-order valence-corrected chi connectivity index (χ2v) is 10.8. The Bertz CT molecular complexity index is 1200. The Balaban J connectivity index is 1.59. The number of hydrogen-bond donors (Lipinski definition) is 0. The lowest BCUT2D eigenvalue weighted by Gasteiger charge is -2.33. The molecule has 33 heavy (non-hydrogen) atoms. The number of sulfonamides is 1. The molecular weight excluding hydrogens is 510 g/mol. The van der Waals surface area contributed by atoms with Gasteiger partial charge < -0.3 is 4.90 Å². The standard InChI is InChI=1S/C23H24BrN3O5S/c1-2-20(28)27-11-9-17-12-18(24)13-19(23(17)27)33(31,32)25-14-21(29)26(22(30)15-25)10-8-16-6-4-3-5-7-16/h3-7,12-13H,2,8-11,14-15H2,1H3. The molecule has 0 spiro atoms. The van der Waals surface area contributed by atoms with Crippen LogP contribution in [0.5, 0.6) is 0 Å². The third-order valence-electron chi connectivity index (χ3n) is 5.91. The van der Waals surface area contributed by atoms with Gasteiger partial charge in [0.2, 0.25) is 27.7 Å². The Morgan fingerprint density at radius 2 is 1.73 bits per heavy atom. The first-order chi connectivity index (χ1) is 15.7. The number of nitrogens with zero attached hydrogens (tertiary/aromatic N) is 3. The van der Waals surface area contributed by atoms with E-state index in [1.54, 1.807) is 13.0 Å². The summed E-state index contributed by atoms with van der Waals surface area (Å²) in [6.45, 7) is 1.46. The van der Waals surface area contributed by atoms with Crippen LogP contribution in [0.15, 0.2) is 51.8 Å². The van der Waals surface area contributed by atoms with Crippen molar-refractivity contribution in [2.24, 2.45) is 0 Å². The number of imide groups is 1. The summed E-state index contributed by atoms with van der Waals surface area (Å²) in [4.78, 5) is 40.5. The maximum Gasteiger partial charge on any atom is 0.246 e. The first-order valence-corrected chi connectivity index (χ1v) is 13.0. The summed E-state index contributed by atoms with van der Waals surface area (Å²) in [6.07, 6.45) is 1.28. The maximum absolute atomic E-state index is 13.6. The van der Waals surface area contributed by atoms with Crippen molar-refractivity contribution in [2.75, 3.05) is 31.1 Å². The lowest BCUT2D eigenvalue weighted by Crippen LogP contribution is -2.55. The van der Waals surface area contributed by atoms with Crippen LogP contribution in [0.4, 0.5) is 5.69 Å². The van der Waals surface area contributed by atoms with Crippen LogP contribution in [0.1, 0.15) is 24.5 Å². The molecule has 0 saturated carbocycles. The molecule has 2 heterocycles. The van der Waals surface area contributed by atoms with Crippen LogP contribution in [0, 0.1) is 0 Å². The van der Waals surface area contributed by atoms with Crippen LogP contribution in [-0.2, 0) is 37.2 Å². The minimum absolute atomic E-state index is 0.0653. The Labute approximate surface area is 201 Å². The molecule has 1 fully saturated rings. The highest BCUT2D eigenvalue weighted by molar-refractivity contribution is 9.10. The van der Waals surface area contributed by atoms with Crippen molar-refractivity contribution in [1.82, 2.24) is 9.21 Å². The molecule has 8 nitrogen and oxygen atoms in total. The molecule has 4 rings (SSSR count). The Hall–Kier alpha value is -2.56. The zero-order valence-electron chi connectivity index (χ0n) is 18.2. The second-order valence-electron chi connectivity index (χ2n) is 8.01. The van der Waals surface area contributed by atoms with Gasteiger partial charge in [-0.05, 0) is 36.1 Å². The van der Waals surface area contributed by atoms with Crippen molar-refractivity contribution in [2.45, 2.75) is 31.1 Å². The second kappa shape index (κ2) is 9.36. The van der Waals surface area contributed by atoms with Gasteiger partial charge in [0, 0.05) is 24.0 Å². The van der Waals surface area contributed by atoms with Crippen molar-refractivity contribution in [3.63, 3.8) is 0 Å². The summed E-state index contributed by atoms with van der Waals surface area (Å²) in [5.74, 6) is -1.29. The van der Waals surface area contributed by atoms with Crippen LogP contribution < -0.4 is 4.90 Å². The molecule has 174 valence electrons. The molecule has 2 aromatic rings. The number of fused-ring (bicyclic) bond motifs is 1. The van der Waals surface area contributed by atoms with Gasteiger partial charge in [-0.15, -0.1) is 0 Å². The number of piperazine rings is 1. The molecule has 0 atom stereocenters. The average Bonchev–Trinajstić information content (AvgIpc) is 3.21. The molecule has 2 aliphatic heterocycles. The minimum atomic E-state index is -4.20. The van der Waals surface area contributed by atoms with Gasteiger partial charge in [-0.2, -0.15) is 4.31 Å². The van der Waals surface area contributed by atoms with Gasteiger partial charge in [-0.1, -0.05) is 53.2 Å². The zero-order valence-corrected chi connectivity index (χ0v) is 20.6. The molecule has 2 aliphatic rings. The van der Waals surface area contributed by atoms with Gasteiger partial charge in [0.15, 0.2) is 0 Å². The monoisotopic (exact) mass is 533 g/mol. The topological polar surface area (TPSA) is 95.1 Å². The molecule has 10 heteroatoms. The molecule has 0 aromatic heterocycles. The quantitative estimate of drug-likeness (QED) is 0.531. The minimum Gasteiger partial charge on any atom is -0.310 e. The number of hydrogen-bond acceptors (Lipinski definition) is 5. The predicted octanol–water partition coefficient (Wildman–Crippen LogP) is 2.35. The molecule has 0 aliphatic carbocycles. The summed E-state index contributed by atoms with van der Waals surface area (Å²) in [6, 6.07) is 12.7. The van der Waals surface area contributed by atoms with Crippen LogP contribution in [0.3, 0.4) is 0 Å². The van der Waals surface area contributed by atoms with Crippen LogP contribution in [0.2, 0.25) is 0 Å². The number of carbonyl (C=O) groups is 3. The summed E-state index contributed by atoms with van der Waals surface area (Å²) < 4.78 is 28.6. The van der Waals surface area contributed by atoms with E-state index in [4.69, 9.17) is 0 Å². The number of halogens is 1. The molecule has 3 amide bonds. The van der Waals surface area contributed by atoms with Crippen LogP contribution in [-0.4, -0.2) is 61.5 Å². The third-order valence-corrected chi connectivity index (χ3v) is 8.17. The molecule has 1 saturated heterocycles.